The third kappa shape index (κ3) is 3.22. The molecular formula is C17H18O2. The minimum atomic E-state index is -0.764. The summed E-state index contributed by atoms with van der Waals surface area (Å²) in [5.74, 6) is -0.764. The molecule has 2 nitrogen and oxygen atoms in total. The molecule has 2 aromatic rings. The van der Waals surface area contributed by atoms with Gasteiger partial charge in [0.2, 0.25) is 0 Å². The Morgan fingerprint density at radius 2 is 1.47 bits per heavy atom. The standard InChI is InChI=1S/C17H18O2/c1-17(2,16(18)19)12-13-8-10-15(11-9-13)14-6-4-3-5-7-14/h3-11H,12H2,1-2H3,(H,18,19). The van der Waals surface area contributed by atoms with E-state index in [2.05, 4.69) is 12.1 Å². The molecule has 0 fully saturated rings. The first-order valence-electron chi connectivity index (χ1n) is 6.37. The van der Waals surface area contributed by atoms with Crippen LogP contribution in [0.1, 0.15) is 19.4 Å². The van der Waals surface area contributed by atoms with Gasteiger partial charge in [0.25, 0.3) is 0 Å². The van der Waals surface area contributed by atoms with Crippen LogP contribution in [0.25, 0.3) is 11.1 Å². The van der Waals surface area contributed by atoms with Gasteiger partial charge in [0, 0.05) is 0 Å². The predicted octanol–water partition coefficient (Wildman–Crippen LogP) is 4.01. The SMILES string of the molecule is CC(C)(Cc1ccc(-c2ccccc2)cc1)C(=O)O. The zero-order valence-corrected chi connectivity index (χ0v) is 11.3. The van der Waals surface area contributed by atoms with Crippen LogP contribution in [0, 0.1) is 5.41 Å². The van der Waals surface area contributed by atoms with Crippen LogP contribution in [0.5, 0.6) is 0 Å². The van der Waals surface area contributed by atoms with Crippen LogP contribution in [0.15, 0.2) is 54.6 Å². The van der Waals surface area contributed by atoms with Crippen molar-refractivity contribution < 1.29 is 9.90 Å². The Morgan fingerprint density at radius 1 is 0.947 bits per heavy atom. The molecule has 2 rings (SSSR count). The van der Waals surface area contributed by atoms with Gasteiger partial charge in [-0.25, -0.2) is 0 Å². The summed E-state index contributed by atoms with van der Waals surface area (Å²) in [6.45, 7) is 3.50. The van der Waals surface area contributed by atoms with Crippen LogP contribution in [0.4, 0.5) is 0 Å². The molecular weight excluding hydrogens is 236 g/mol. The maximum Gasteiger partial charge on any atom is 0.309 e. The Labute approximate surface area is 113 Å². The van der Waals surface area contributed by atoms with Crippen LogP contribution >= 0.6 is 0 Å². The third-order valence-corrected chi connectivity index (χ3v) is 3.29. The second-order valence-corrected chi connectivity index (χ2v) is 5.43. The van der Waals surface area contributed by atoms with Crippen LogP contribution in [-0.2, 0) is 11.2 Å². The lowest BCUT2D eigenvalue weighted by atomic mass is 9.85. The van der Waals surface area contributed by atoms with Gasteiger partial charge < -0.3 is 5.11 Å². The van der Waals surface area contributed by atoms with E-state index in [1.807, 2.05) is 42.5 Å². The van der Waals surface area contributed by atoms with Crippen molar-refractivity contribution in [3.8, 4) is 11.1 Å². The summed E-state index contributed by atoms with van der Waals surface area (Å²) in [5.41, 5.74) is 2.64. The first-order chi connectivity index (χ1) is 8.99. The lowest BCUT2D eigenvalue weighted by molar-refractivity contribution is -0.146. The van der Waals surface area contributed by atoms with Crippen LogP contribution < -0.4 is 0 Å². The summed E-state index contributed by atoms with van der Waals surface area (Å²) in [6, 6.07) is 18.2. The minimum Gasteiger partial charge on any atom is -0.481 e. The van der Waals surface area contributed by atoms with Crippen molar-refractivity contribution in [2.45, 2.75) is 20.3 Å². The van der Waals surface area contributed by atoms with E-state index in [4.69, 9.17) is 5.11 Å². The first kappa shape index (κ1) is 13.3. The molecule has 0 bridgehead atoms. The zero-order valence-electron chi connectivity index (χ0n) is 11.3. The van der Waals surface area contributed by atoms with Gasteiger partial charge in [0.15, 0.2) is 0 Å². The molecule has 0 aliphatic carbocycles. The van der Waals surface area contributed by atoms with Crippen molar-refractivity contribution in [1.82, 2.24) is 0 Å². The second kappa shape index (κ2) is 5.27. The lowest BCUT2D eigenvalue weighted by Gasteiger charge is -2.19. The highest BCUT2D eigenvalue weighted by Gasteiger charge is 2.27. The van der Waals surface area contributed by atoms with Crippen LogP contribution in [-0.4, -0.2) is 11.1 Å². The molecule has 0 radical (unpaired) electrons. The van der Waals surface area contributed by atoms with Crippen LogP contribution in [0.3, 0.4) is 0 Å². The molecule has 98 valence electrons. The molecule has 0 spiro atoms. The minimum absolute atomic E-state index is 0.539. The molecule has 2 heteroatoms. The topological polar surface area (TPSA) is 37.3 Å². The molecule has 0 aliphatic rings. The van der Waals surface area contributed by atoms with Gasteiger partial charge in [-0.15, -0.1) is 0 Å². The summed E-state index contributed by atoms with van der Waals surface area (Å²) in [4.78, 5) is 11.1. The number of carboxylic acids is 1. The van der Waals surface area contributed by atoms with Gasteiger partial charge >= 0.3 is 5.97 Å². The number of carboxylic acid groups (broad SMARTS) is 1. The molecule has 0 atom stereocenters. The number of benzene rings is 2. The molecule has 0 heterocycles. The molecule has 0 amide bonds. The van der Waals surface area contributed by atoms with Gasteiger partial charge in [-0.1, -0.05) is 54.6 Å². The van der Waals surface area contributed by atoms with Gasteiger partial charge in [0.1, 0.15) is 0 Å². The highest BCUT2D eigenvalue weighted by atomic mass is 16.4. The lowest BCUT2D eigenvalue weighted by Crippen LogP contribution is -2.26. The molecule has 1 N–H and O–H groups in total. The maximum absolute atomic E-state index is 11.1. The van der Waals surface area contributed by atoms with Crippen molar-refractivity contribution in [3.05, 3.63) is 60.2 Å². The predicted molar refractivity (Wildman–Crippen MR) is 77.0 cm³/mol. The van der Waals surface area contributed by atoms with E-state index in [0.29, 0.717) is 6.42 Å². The van der Waals surface area contributed by atoms with Gasteiger partial charge in [-0.3, -0.25) is 4.79 Å². The largest absolute Gasteiger partial charge is 0.481 e. The average molecular weight is 254 g/mol. The fraction of sp³-hybridized carbons (Fsp3) is 0.235. The number of carbonyl (C=O) groups is 1. The van der Waals surface area contributed by atoms with Gasteiger partial charge in [-0.05, 0) is 37.0 Å². The fourth-order valence-corrected chi connectivity index (χ4v) is 2.03. The molecule has 0 aromatic heterocycles. The van der Waals surface area contributed by atoms with E-state index in [-0.39, 0.29) is 0 Å². The van der Waals surface area contributed by atoms with Crippen molar-refractivity contribution in [2.75, 3.05) is 0 Å². The van der Waals surface area contributed by atoms with Crippen molar-refractivity contribution in [2.24, 2.45) is 5.41 Å². The summed E-state index contributed by atoms with van der Waals surface area (Å²) >= 11 is 0. The molecule has 0 aliphatic heterocycles. The third-order valence-electron chi connectivity index (χ3n) is 3.29. The summed E-state index contributed by atoms with van der Waals surface area (Å²) < 4.78 is 0. The molecule has 2 aromatic carbocycles. The number of hydrogen-bond donors (Lipinski definition) is 1. The Kier molecular flexibility index (Phi) is 3.70. The van der Waals surface area contributed by atoms with Crippen molar-refractivity contribution in [1.29, 1.82) is 0 Å². The Bertz CT molecular complexity index is 554. The first-order valence-corrected chi connectivity index (χ1v) is 6.37. The summed E-state index contributed by atoms with van der Waals surface area (Å²) in [6.07, 6.45) is 0.539. The van der Waals surface area contributed by atoms with E-state index in [9.17, 15) is 4.79 Å². The number of aliphatic carboxylic acids is 1. The fourth-order valence-electron chi connectivity index (χ4n) is 2.03. The monoisotopic (exact) mass is 254 g/mol. The average Bonchev–Trinajstić information content (AvgIpc) is 2.40. The van der Waals surface area contributed by atoms with E-state index >= 15 is 0 Å². The Morgan fingerprint density at radius 3 is 2.00 bits per heavy atom. The highest BCUT2D eigenvalue weighted by Crippen LogP contribution is 2.24. The smallest absolute Gasteiger partial charge is 0.309 e. The number of hydrogen-bond acceptors (Lipinski definition) is 1. The highest BCUT2D eigenvalue weighted by molar-refractivity contribution is 5.74. The normalized spacial score (nSPS) is 11.3. The van der Waals surface area contributed by atoms with Gasteiger partial charge in [-0.2, -0.15) is 0 Å². The number of rotatable bonds is 4. The maximum atomic E-state index is 11.1. The Balaban J connectivity index is 2.18. The summed E-state index contributed by atoms with van der Waals surface area (Å²) in [7, 11) is 0. The van der Waals surface area contributed by atoms with E-state index < -0.39 is 11.4 Å². The quantitative estimate of drug-likeness (QED) is 0.895. The van der Waals surface area contributed by atoms with E-state index in [0.717, 1.165) is 11.1 Å². The molecule has 0 unspecified atom stereocenters. The van der Waals surface area contributed by atoms with E-state index in [1.54, 1.807) is 13.8 Å². The van der Waals surface area contributed by atoms with Gasteiger partial charge in [0.05, 0.1) is 5.41 Å². The van der Waals surface area contributed by atoms with Crippen molar-refractivity contribution in [3.63, 3.8) is 0 Å². The Hall–Kier alpha value is -2.09. The summed E-state index contributed by atoms with van der Waals surface area (Å²) in [5, 5.41) is 9.14. The molecule has 0 saturated heterocycles. The molecule has 19 heavy (non-hydrogen) atoms. The zero-order chi connectivity index (χ0) is 13.9. The van der Waals surface area contributed by atoms with E-state index in [1.165, 1.54) is 5.56 Å². The van der Waals surface area contributed by atoms with Crippen molar-refractivity contribution >= 4 is 5.97 Å². The molecule has 0 saturated carbocycles. The second-order valence-electron chi connectivity index (χ2n) is 5.43. The van der Waals surface area contributed by atoms with Crippen LogP contribution in [0.2, 0.25) is 0 Å².